The highest BCUT2D eigenvalue weighted by atomic mass is 35.5. The van der Waals surface area contributed by atoms with E-state index >= 15 is 0 Å². The number of nitrogens with zero attached hydrogens (tertiary/aromatic N) is 5. The molecule has 0 spiro atoms. The monoisotopic (exact) mass is 365 g/mol. The Bertz CT molecular complexity index is 997. The van der Waals surface area contributed by atoms with Gasteiger partial charge in [-0.25, -0.2) is 18.4 Å². The van der Waals surface area contributed by atoms with Crippen LogP contribution in [0.25, 0.3) is 5.69 Å². The first kappa shape index (κ1) is 16.8. The first-order chi connectivity index (χ1) is 11.9. The molecule has 0 bridgehead atoms. The summed E-state index contributed by atoms with van der Waals surface area (Å²) < 4.78 is 28.4. The number of anilines is 1. The van der Waals surface area contributed by atoms with E-state index < -0.39 is 29.0 Å². The maximum atomic E-state index is 13.8. The maximum absolute atomic E-state index is 13.8. The number of carbonyl (C=O) groups excluding carboxylic acids is 1. The number of halogens is 3. The molecule has 0 atom stereocenters. The van der Waals surface area contributed by atoms with Crippen molar-refractivity contribution in [3.05, 3.63) is 69.6 Å². The smallest absolute Gasteiger partial charge is 0.294 e. The number of hydrogen-bond donors (Lipinski definition) is 0. The van der Waals surface area contributed by atoms with E-state index in [1.54, 1.807) is 24.3 Å². The predicted octanol–water partition coefficient (Wildman–Crippen LogP) is 2.47. The van der Waals surface area contributed by atoms with Gasteiger partial charge in [0, 0.05) is 7.05 Å². The molecule has 0 saturated carbocycles. The molecule has 0 radical (unpaired) electrons. The van der Waals surface area contributed by atoms with Gasteiger partial charge in [-0.05, 0) is 34.7 Å². The van der Waals surface area contributed by atoms with Crippen molar-refractivity contribution in [3.63, 3.8) is 0 Å². The van der Waals surface area contributed by atoms with Gasteiger partial charge >= 0.3 is 11.7 Å². The fraction of sp³-hybridized carbons (Fsp3) is 0.0667. The molecular formula is C15H10ClF2N5O2. The van der Waals surface area contributed by atoms with Crippen molar-refractivity contribution < 1.29 is 13.6 Å². The molecule has 128 valence electrons. The quantitative estimate of drug-likeness (QED) is 0.654. The Hall–Kier alpha value is -3.07. The summed E-state index contributed by atoms with van der Waals surface area (Å²) in [6, 6.07) is 8.62. The van der Waals surface area contributed by atoms with Crippen LogP contribution in [-0.4, -0.2) is 32.9 Å². The van der Waals surface area contributed by atoms with E-state index in [4.69, 9.17) is 11.6 Å². The van der Waals surface area contributed by atoms with E-state index in [0.717, 1.165) is 23.1 Å². The molecule has 0 saturated heterocycles. The summed E-state index contributed by atoms with van der Waals surface area (Å²) >= 11 is 6.01. The van der Waals surface area contributed by atoms with Gasteiger partial charge < -0.3 is 0 Å². The summed E-state index contributed by atoms with van der Waals surface area (Å²) in [5, 5.41) is 7.06. The fourth-order valence-electron chi connectivity index (χ4n) is 2.17. The minimum absolute atomic E-state index is 0.277. The zero-order valence-electron chi connectivity index (χ0n) is 12.7. The zero-order valence-corrected chi connectivity index (χ0v) is 13.5. The van der Waals surface area contributed by atoms with Crippen LogP contribution in [0.4, 0.5) is 19.3 Å². The van der Waals surface area contributed by atoms with E-state index in [0.29, 0.717) is 15.1 Å². The molecule has 10 heteroatoms. The molecule has 3 rings (SSSR count). The number of rotatable bonds is 2. The van der Waals surface area contributed by atoms with Crippen LogP contribution in [0.3, 0.4) is 0 Å². The van der Waals surface area contributed by atoms with Crippen molar-refractivity contribution in [2.24, 2.45) is 0 Å². The van der Waals surface area contributed by atoms with Crippen LogP contribution < -0.4 is 10.6 Å². The third-order valence-electron chi connectivity index (χ3n) is 3.41. The lowest BCUT2D eigenvalue weighted by Crippen LogP contribution is -2.39. The first-order valence-corrected chi connectivity index (χ1v) is 7.31. The van der Waals surface area contributed by atoms with Gasteiger partial charge in [-0.15, -0.1) is 4.68 Å². The molecule has 25 heavy (non-hydrogen) atoms. The predicted molar refractivity (Wildman–Crippen MR) is 86.2 cm³/mol. The van der Waals surface area contributed by atoms with Gasteiger partial charge in [0.1, 0.15) is 5.69 Å². The van der Waals surface area contributed by atoms with Crippen LogP contribution in [0.2, 0.25) is 5.02 Å². The van der Waals surface area contributed by atoms with E-state index in [1.807, 2.05) is 0 Å². The molecule has 0 aliphatic heterocycles. The van der Waals surface area contributed by atoms with Crippen LogP contribution in [0.1, 0.15) is 0 Å². The second kappa shape index (κ2) is 6.44. The molecule has 0 aliphatic carbocycles. The number of carbonyl (C=O) groups is 1. The second-order valence-corrected chi connectivity index (χ2v) is 5.36. The Morgan fingerprint density at radius 1 is 1.08 bits per heavy atom. The lowest BCUT2D eigenvalue weighted by Gasteiger charge is -2.16. The topological polar surface area (TPSA) is 73.0 Å². The molecule has 1 amide bonds. The largest absolute Gasteiger partial charge is 0.377 e. The summed E-state index contributed by atoms with van der Waals surface area (Å²) in [5.41, 5.74) is -1.51. The van der Waals surface area contributed by atoms with Gasteiger partial charge in [0.25, 0.3) is 0 Å². The minimum atomic E-state index is -1.12. The molecule has 0 aliphatic rings. The molecule has 0 unspecified atom stereocenters. The maximum Gasteiger partial charge on any atom is 0.377 e. The van der Waals surface area contributed by atoms with E-state index in [-0.39, 0.29) is 5.02 Å². The average Bonchev–Trinajstić information content (AvgIpc) is 2.95. The highest BCUT2D eigenvalue weighted by Gasteiger charge is 2.23. The van der Waals surface area contributed by atoms with E-state index in [2.05, 4.69) is 10.4 Å². The Morgan fingerprint density at radius 3 is 2.36 bits per heavy atom. The Morgan fingerprint density at radius 2 is 1.72 bits per heavy atom. The standard InChI is InChI=1S/C15H10ClF2N5O2/c1-21(12-8-3-2-5-9(12)16)14(24)23-15(25)22(19-20-23)13-10(17)6-4-7-11(13)18/h2-8H,1H3. The van der Waals surface area contributed by atoms with Crippen molar-refractivity contribution >= 4 is 23.3 Å². The number of hydrogen-bond acceptors (Lipinski definition) is 4. The van der Waals surface area contributed by atoms with Crippen LogP contribution in [-0.2, 0) is 0 Å². The highest BCUT2D eigenvalue weighted by Crippen LogP contribution is 2.24. The average molecular weight is 366 g/mol. The Balaban J connectivity index is 2.03. The fourth-order valence-corrected chi connectivity index (χ4v) is 2.43. The zero-order chi connectivity index (χ0) is 18.1. The van der Waals surface area contributed by atoms with Gasteiger partial charge in [0.2, 0.25) is 0 Å². The molecule has 1 heterocycles. The number of amides is 1. The van der Waals surface area contributed by atoms with E-state index in [9.17, 15) is 18.4 Å². The summed E-state index contributed by atoms with van der Waals surface area (Å²) in [6.45, 7) is 0. The van der Waals surface area contributed by atoms with Gasteiger partial charge in [0.15, 0.2) is 11.6 Å². The van der Waals surface area contributed by atoms with Crippen molar-refractivity contribution in [1.82, 2.24) is 19.8 Å². The summed E-state index contributed by atoms with van der Waals surface area (Å²) in [6.07, 6.45) is 0. The lowest BCUT2D eigenvalue weighted by molar-refractivity contribution is 0.245. The van der Waals surface area contributed by atoms with Crippen molar-refractivity contribution in [2.45, 2.75) is 0 Å². The molecule has 0 fully saturated rings. The summed E-state index contributed by atoms with van der Waals surface area (Å²) in [5.74, 6) is -2.03. The van der Waals surface area contributed by atoms with Gasteiger partial charge in [0.05, 0.1) is 10.7 Å². The van der Waals surface area contributed by atoms with Crippen LogP contribution in [0, 0.1) is 11.6 Å². The van der Waals surface area contributed by atoms with Gasteiger partial charge in [-0.2, -0.15) is 4.68 Å². The van der Waals surface area contributed by atoms with E-state index in [1.165, 1.54) is 7.05 Å². The SMILES string of the molecule is CN(C(=O)n1nnn(-c2c(F)cccc2F)c1=O)c1ccccc1Cl. The van der Waals surface area contributed by atoms with Crippen molar-refractivity contribution in [3.8, 4) is 5.69 Å². The second-order valence-electron chi connectivity index (χ2n) is 4.95. The summed E-state index contributed by atoms with van der Waals surface area (Å²) in [7, 11) is 1.37. The van der Waals surface area contributed by atoms with Crippen LogP contribution in [0.5, 0.6) is 0 Å². The molecular weight excluding hydrogens is 356 g/mol. The molecule has 7 nitrogen and oxygen atoms in total. The molecule has 2 aromatic carbocycles. The third kappa shape index (κ3) is 2.89. The number of benzene rings is 2. The molecule has 0 N–H and O–H groups in total. The third-order valence-corrected chi connectivity index (χ3v) is 3.73. The normalized spacial score (nSPS) is 10.7. The number of tetrazole rings is 1. The van der Waals surface area contributed by atoms with Gasteiger partial charge in [-0.3, -0.25) is 4.90 Å². The van der Waals surface area contributed by atoms with Gasteiger partial charge in [-0.1, -0.05) is 29.8 Å². The van der Waals surface area contributed by atoms with Crippen LogP contribution in [0.15, 0.2) is 47.3 Å². The minimum Gasteiger partial charge on any atom is -0.294 e. The summed E-state index contributed by atoms with van der Waals surface area (Å²) in [4.78, 5) is 25.9. The number of aromatic nitrogens is 4. The van der Waals surface area contributed by atoms with Crippen molar-refractivity contribution in [2.75, 3.05) is 11.9 Å². The highest BCUT2D eigenvalue weighted by molar-refractivity contribution is 6.33. The lowest BCUT2D eigenvalue weighted by atomic mass is 10.3. The Labute approximate surface area is 144 Å². The Kier molecular flexibility index (Phi) is 4.32. The van der Waals surface area contributed by atoms with Crippen LogP contribution >= 0.6 is 11.6 Å². The molecule has 3 aromatic rings. The molecule has 1 aromatic heterocycles. The number of para-hydroxylation sites is 2. The first-order valence-electron chi connectivity index (χ1n) is 6.94. The van der Waals surface area contributed by atoms with Crippen molar-refractivity contribution in [1.29, 1.82) is 0 Å².